The van der Waals surface area contributed by atoms with Gasteiger partial charge >= 0.3 is 0 Å². The maximum atomic E-state index is 13.4. The van der Waals surface area contributed by atoms with Crippen LogP contribution >= 0.6 is 0 Å². The van der Waals surface area contributed by atoms with Crippen LogP contribution < -0.4 is 5.32 Å². The van der Waals surface area contributed by atoms with Gasteiger partial charge in [0.05, 0.1) is 17.4 Å². The average molecular weight is 279 g/mol. The summed E-state index contributed by atoms with van der Waals surface area (Å²) in [6.45, 7) is 4.70. The Hall–Kier alpha value is -1.75. The molecule has 1 unspecified atom stereocenters. The van der Waals surface area contributed by atoms with Crippen LogP contribution in [0, 0.1) is 18.6 Å². The molecule has 2 aromatic rings. The average Bonchev–Trinajstić information content (AvgIpc) is 2.68. The van der Waals surface area contributed by atoms with E-state index in [4.69, 9.17) is 0 Å². The Morgan fingerprint density at radius 1 is 1.20 bits per heavy atom. The number of nitrogens with one attached hydrogen (secondary N) is 1. The molecule has 0 saturated heterocycles. The van der Waals surface area contributed by atoms with Crippen LogP contribution in [0.4, 0.5) is 8.78 Å². The zero-order valence-corrected chi connectivity index (χ0v) is 12.0. The van der Waals surface area contributed by atoms with Crippen LogP contribution in [0.1, 0.15) is 36.3 Å². The van der Waals surface area contributed by atoms with Crippen molar-refractivity contribution in [3.63, 3.8) is 0 Å². The van der Waals surface area contributed by atoms with Crippen molar-refractivity contribution in [2.75, 3.05) is 6.54 Å². The first-order valence-corrected chi connectivity index (χ1v) is 6.71. The molecule has 0 aliphatic rings. The molecule has 1 heterocycles. The van der Waals surface area contributed by atoms with E-state index in [0.29, 0.717) is 5.56 Å². The molecule has 0 aliphatic heterocycles. The number of rotatable bonds is 5. The third-order valence-electron chi connectivity index (χ3n) is 3.15. The molecule has 2 rings (SSSR count). The normalized spacial score (nSPS) is 12.7. The van der Waals surface area contributed by atoms with Gasteiger partial charge < -0.3 is 5.32 Å². The minimum atomic E-state index is -0.567. The van der Waals surface area contributed by atoms with E-state index in [-0.39, 0.29) is 6.04 Å². The Morgan fingerprint density at radius 2 is 1.85 bits per heavy atom. The lowest BCUT2D eigenvalue weighted by molar-refractivity contribution is 0.535. The SMILES string of the molecule is CCCNC(c1cc(F)cc(F)c1)c1cc(C)nn1C. The fourth-order valence-electron chi connectivity index (χ4n) is 2.32. The maximum Gasteiger partial charge on any atom is 0.126 e. The molecule has 0 amide bonds. The van der Waals surface area contributed by atoms with Crippen LogP contribution in [0.5, 0.6) is 0 Å². The molecule has 0 spiro atoms. The maximum absolute atomic E-state index is 13.4. The summed E-state index contributed by atoms with van der Waals surface area (Å²) in [7, 11) is 1.83. The van der Waals surface area contributed by atoms with Gasteiger partial charge in [0.2, 0.25) is 0 Å². The minimum absolute atomic E-state index is 0.272. The fraction of sp³-hybridized carbons (Fsp3) is 0.400. The van der Waals surface area contributed by atoms with Crippen LogP contribution in [0.3, 0.4) is 0 Å². The van der Waals surface area contributed by atoms with Crippen LogP contribution in [-0.2, 0) is 7.05 Å². The van der Waals surface area contributed by atoms with Gasteiger partial charge in [-0.25, -0.2) is 8.78 Å². The van der Waals surface area contributed by atoms with E-state index < -0.39 is 11.6 Å². The number of aromatic nitrogens is 2. The Balaban J connectivity index is 2.43. The Kier molecular flexibility index (Phi) is 4.49. The molecule has 0 fully saturated rings. The van der Waals surface area contributed by atoms with Gasteiger partial charge in [-0.15, -0.1) is 0 Å². The van der Waals surface area contributed by atoms with Crippen molar-refractivity contribution in [3.8, 4) is 0 Å². The van der Waals surface area contributed by atoms with Crippen molar-refractivity contribution in [1.82, 2.24) is 15.1 Å². The van der Waals surface area contributed by atoms with Gasteiger partial charge in [0.1, 0.15) is 11.6 Å². The third kappa shape index (κ3) is 3.22. The number of benzene rings is 1. The molecule has 3 nitrogen and oxygen atoms in total. The molecule has 0 aliphatic carbocycles. The van der Waals surface area contributed by atoms with Crippen molar-refractivity contribution in [2.45, 2.75) is 26.3 Å². The molecule has 20 heavy (non-hydrogen) atoms. The molecule has 0 radical (unpaired) electrons. The molecule has 1 atom stereocenters. The quantitative estimate of drug-likeness (QED) is 0.911. The summed E-state index contributed by atoms with van der Waals surface area (Å²) in [6, 6.07) is 5.26. The lowest BCUT2D eigenvalue weighted by atomic mass is 10.0. The van der Waals surface area contributed by atoms with E-state index in [0.717, 1.165) is 30.4 Å². The molecule has 1 aromatic carbocycles. The molecular weight excluding hydrogens is 260 g/mol. The van der Waals surface area contributed by atoms with E-state index in [1.165, 1.54) is 12.1 Å². The Labute approximate surface area is 117 Å². The summed E-state index contributed by atoms with van der Waals surface area (Å²) < 4.78 is 28.6. The van der Waals surface area contributed by atoms with Gasteiger partial charge in [0, 0.05) is 13.1 Å². The fourth-order valence-corrected chi connectivity index (χ4v) is 2.32. The minimum Gasteiger partial charge on any atom is -0.305 e. The van der Waals surface area contributed by atoms with Crippen molar-refractivity contribution < 1.29 is 8.78 Å². The number of nitrogens with zero attached hydrogens (tertiary/aromatic N) is 2. The first kappa shape index (κ1) is 14.7. The second kappa shape index (κ2) is 6.13. The lowest BCUT2D eigenvalue weighted by Gasteiger charge is -2.19. The van der Waals surface area contributed by atoms with Gasteiger partial charge in [-0.05, 0) is 43.7 Å². The highest BCUT2D eigenvalue weighted by Gasteiger charge is 2.19. The van der Waals surface area contributed by atoms with E-state index in [1.807, 2.05) is 27.0 Å². The monoisotopic (exact) mass is 279 g/mol. The Bertz CT molecular complexity index is 573. The summed E-state index contributed by atoms with van der Waals surface area (Å²) in [5.41, 5.74) is 2.34. The molecule has 0 saturated carbocycles. The second-order valence-corrected chi connectivity index (χ2v) is 4.92. The predicted molar refractivity (Wildman–Crippen MR) is 74.4 cm³/mol. The number of aryl methyl sites for hydroxylation is 2. The standard InChI is InChI=1S/C15H19F2N3/c1-4-5-18-15(14-6-10(2)19-20(14)3)11-7-12(16)9-13(17)8-11/h6-9,15,18H,4-5H2,1-3H3. The zero-order chi connectivity index (χ0) is 14.7. The van der Waals surface area contributed by atoms with Crippen molar-refractivity contribution in [1.29, 1.82) is 0 Å². The number of hydrogen-bond donors (Lipinski definition) is 1. The number of hydrogen-bond acceptors (Lipinski definition) is 2. The van der Waals surface area contributed by atoms with E-state index >= 15 is 0 Å². The lowest BCUT2D eigenvalue weighted by Crippen LogP contribution is -2.25. The van der Waals surface area contributed by atoms with E-state index in [1.54, 1.807) is 4.68 Å². The third-order valence-corrected chi connectivity index (χ3v) is 3.15. The number of halogens is 2. The second-order valence-electron chi connectivity index (χ2n) is 4.92. The molecular formula is C15H19F2N3. The summed E-state index contributed by atoms with van der Waals surface area (Å²) in [5, 5.41) is 7.62. The largest absolute Gasteiger partial charge is 0.305 e. The first-order chi connectivity index (χ1) is 9.51. The summed E-state index contributed by atoms with van der Waals surface area (Å²) >= 11 is 0. The van der Waals surface area contributed by atoms with Crippen LogP contribution in [0.25, 0.3) is 0 Å². The van der Waals surface area contributed by atoms with Crippen LogP contribution in [-0.4, -0.2) is 16.3 Å². The highest BCUT2D eigenvalue weighted by Crippen LogP contribution is 2.24. The van der Waals surface area contributed by atoms with Crippen molar-refractivity contribution in [3.05, 3.63) is 52.9 Å². The molecule has 1 aromatic heterocycles. The highest BCUT2D eigenvalue weighted by molar-refractivity contribution is 5.30. The zero-order valence-electron chi connectivity index (χ0n) is 12.0. The highest BCUT2D eigenvalue weighted by atomic mass is 19.1. The molecule has 1 N–H and O–H groups in total. The topological polar surface area (TPSA) is 29.9 Å². The van der Waals surface area contributed by atoms with E-state index in [2.05, 4.69) is 10.4 Å². The van der Waals surface area contributed by atoms with Gasteiger partial charge in [0.25, 0.3) is 0 Å². The van der Waals surface area contributed by atoms with Crippen LogP contribution in [0.2, 0.25) is 0 Å². The molecule has 5 heteroatoms. The summed E-state index contributed by atoms with van der Waals surface area (Å²) in [4.78, 5) is 0. The van der Waals surface area contributed by atoms with Crippen molar-refractivity contribution in [2.24, 2.45) is 7.05 Å². The molecule has 108 valence electrons. The van der Waals surface area contributed by atoms with Gasteiger partial charge in [-0.1, -0.05) is 6.92 Å². The summed E-state index contributed by atoms with van der Waals surface area (Å²) in [6.07, 6.45) is 0.936. The smallest absolute Gasteiger partial charge is 0.126 e. The van der Waals surface area contributed by atoms with E-state index in [9.17, 15) is 8.78 Å². The Morgan fingerprint density at radius 3 is 2.35 bits per heavy atom. The van der Waals surface area contributed by atoms with Crippen molar-refractivity contribution >= 4 is 0 Å². The van der Waals surface area contributed by atoms with Crippen LogP contribution in [0.15, 0.2) is 24.3 Å². The van der Waals surface area contributed by atoms with Gasteiger partial charge in [-0.3, -0.25) is 4.68 Å². The van der Waals surface area contributed by atoms with Gasteiger partial charge in [0.15, 0.2) is 0 Å². The molecule has 0 bridgehead atoms. The van der Waals surface area contributed by atoms with Gasteiger partial charge in [-0.2, -0.15) is 5.10 Å². The summed E-state index contributed by atoms with van der Waals surface area (Å²) in [5.74, 6) is -1.13. The first-order valence-electron chi connectivity index (χ1n) is 6.71. The predicted octanol–water partition coefficient (Wildman–Crippen LogP) is 3.10.